The van der Waals surface area contributed by atoms with Gasteiger partial charge in [-0.3, -0.25) is 0 Å². The molecule has 0 saturated carbocycles. The van der Waals surface area contributed by atoms with Crippen LogP contribution in [0, 0.1) is 0 Å². The molecular weight excluding hydrogens is 394 g/mol. The van der Waals surface area contributed by atoms with E-state index in [0.29, 0.717) is 36.5 Å². The van der Waals surface area contributed by atoms with Crippen molar-refractivity contribution >= 4 is 10.0 Å². The topological polar surface area (TPSA) is 104 Å². The molecule has 0 bridgehead atoms. The van der Waals surface area contributed by atoms with Crippen molar-refractivity contribution in [3.05, 3.63) is 53.9 Å². The van der Waals surface area contributed by atoms with E-state index in [9.17, 15) is 8.42 Å². The van der Waals surface area contributed by atoms with Gasteiger partial charge in [-0.2, -0.15) is 4.98 Å². The maximum Gasteiger partial charge on any atom is 0.242 e. The van der Waals surface area contributed by atoms with E-state index >= 15 is 0 Å². The van der Waals surface area contributed by atoms with Crippen molar-refractivity contribution in [2.24, 2.45) is 0 Å². The quantitative estimate of drug-likeness (QED) is 0.660. The van der Waals surface area contributed by atoms with Crippen LogP contribution in [0.1, 0.15) is 31.2 Å². The Kier molecular flexibility index (Phi) is 5.25. The third-order valence-electron chi connectivity index (χ3n) is 4.54. The van der Waals surface area contributed by atoms with Crippen LogP contribution in [0.5, 0.6) is 11.5 Å². The Morgan fingerprint density at radius 3 is 2.48 bits per heavy atom. The maximum absolute atomic E-state index is 12.6. The first-order valence-electron chi connectivity index (χ1n) is 9.24. The first-order chi connectivity index (χ1) is 13.9. The molecule has 0 atom stereocenters. The molecule has 3 aromatic rings. The number of ether oxygens (including phenoxy) is 2. The van der Waals surface area contributed by atoms with Crippen LogP contribution in [0.3, 0.4) is 0 Å². The summed E-state index contributed by atoms with van der Waals surface area (Å²) in [6.45, 7) is 4.95. The summed E-state index contributed by atoms with van der Waals surface area (Å²) in [4.78, 5) is 4.35. The van der Waals surface area contributed by atoms with Crippen molar-refractivity contribution in [2.45, 2.75) is 31.2 Å². The predicted molar refractivity (Wildman–Crippen MR) is 105 cm³/mol. The summed E-state index contributed by atoms with van der Waals surface area (Å²) >= 11 is 0. The van der Waals surface area contributed by atoms with Gasteiger partial charge < -0.3 is 14.0 Å². The molecule has 0 amide bonds. The number of hydrogen-bond acceptors (Lipinski definition) is 7. The standard InChI is InChI=1S/C20H21N3O5S/c1-13(2)14-3-5-15(6-4-14)20-22-19(28-23-20)12-21-29(24,25)16-7-8-17-18(11-16)27-10-9-26-17/h3-8,11,13,21H,9-10,12H2,1-2H3. The summed E-state index contributed by atoms with van der Waals surface area (Å²) in [7, 11) is -3.78. The molecule has 8 nitrogen and oxygen atoms in total. The number of nitrogens with one attached hydrogen (secondary N) is 1. The van der Waals surface area contributed by atoms with E-state index < -0.39 is 10.0 Å². The molecule has 0 radical (unpaired) electrons. The summed E-state index contributed by atoms with van der Waals surface area (Å²) in [5.41, 5.74) is 2.02. The van der Waals surface area contributed by atoms with Gasteiger partial charge in [0, 0.05) is 11.6 Å². The molecule has 29 heavy (non-hydrogen) atoms. The highest BCUT2D eigenvalue weighted by atomic mass is 32.2. The van der Waals surface area contributed by atoms with E-state index in [2.05, 4.69) is 28.7 Å². The molecule has 1 aliphatic heterocycles. The number of rotatable bonds is 6. The minimum Gasteiger partial charge on any atom is -0.486 e. The Morgan fingerprint density at radius 2 is 1.76 bits per heavy atom. The number of hydrogen-bond donors (Lipinski definition) is 1. The molecule has 0 aliphatic carbocycles. The molecule has 1 aliphatic rings. The molecule has 9 heteroatoms. The summed E-state index contributed by atoms with van der Waals surface area (Å²) < 4.78 is 43.6. The molecule has 2 aromatic carbocycles. The van der Waals surface area contributed by atoms with E-state index in [1.54, 1.807) is 6.07 Å². The van der Waals surface area contributed by atoms with E-state index in [4.69, 9.17) is 14.0 Å². The molecule has 0 spiro atoms. The number of fused-ring (bicyclic) bond motifs is 1. The molecule has 2 heterocycles. The van der Waals surface area contributed by atoms with Gasteiger partial charge in [0.25, 0.3) is 0 Å². The van der Waals surface area contributed by atoms with Crippen molar-refractivity contribution in [3.63, 3.8) is 0 Å². The largest absolute Gasteiger partial charge is 0.486 e. The molecule has 0 saturated heterocycles. The van der Waals surface area contributed by atoms with Crippen molar-refractivity contribution in [1.29, 1.82) is 0 Å². The first kappa shape index (κ1) is 19.4. The minimum absolute atomic E-state index is 0.0748. The summed E-state index contributed by atoms with van der Waals surface area (Å²) in [5.74, 6) is 1.95. The van der Waals surface area contributed by atoms with E-state index in [0.717, 1.165) is 5.56 Å². The van der Waals surface area contributed by atoms with Gasteiger partial charge in [-0.25, -0.2) is 13.1 Å². The summed E-state index contributed by atoms with van der Waals surface area (Å²) in [5, 5.41) is 3.93. The number of nitrogens with zero attached hydrogens (tertiary/aromatic N) is 2. The van der Waals surface area contributed by atoms with Crippen LogP contribution in [-0.4, -0.2) is 31.8 Å². The molecule has 4 rings (SSSR count). The lowest BCUT2D eigenvalue weighted by Crippen LogP contribution is -2.24. The van der Waals surface area contributed by atoms with Gasteiger partial charge in [0.1, 0.15) is 13.2 Å². The second-order valence-electron chi connectivity index (χ2n) is 6.92. The summed E-state index contributed by atoms with van der Waals surface area (Å²) in [6.07, 6.45) is 0. The molecular formula is C20H21N3O5S. The van der Waals surface area contributed by atoms with Gasteiger partial charge in [-0.05, 0) is 23.6 Å². The zero-order valence-electron chi connectivity index (χ0n) is 16.1. The zero-order valence-corrected chi connectivity index (χ0v) is 16.9. The van der Waals surface area contributed by atoms with Gasteiger partial charge >= 0.3 is 0 Å². The fourth-order valence-corrected chi connectivity index (χ4v) is 3.88. The lowest BCUT2D eigenvalue weighted by Gasteiger charge is -2.18. The normalized spacial score (nSPS) is 13.6. The Balaban J connectivity index is 1.45. The lowest BCUT2D eigenvalue weighted by molar-refractivity contribution is 0.171. The fraction of sp³-hybridized carbons (Fsp3) is 0.300. The van der Waals surface area contributed by atoms with E-state index in [1.165, 1.54) is 17.7 Å². The van der Waals surface area contributed by atoms with Crippen LogP contribution in [0.2, 0.25) is 0 Å². The Hall–Kier alpha value is -2.91. The van der Waals surface area contributed by atoms with Gasteiger partial charge in [0.15, 0.2) is 11.5 Å². The molecule has 1 aromatic heterocycles. The highest BCUT2D eigenvalue weighted by Crippen LogP contribution is 2.32. The first-order valence-corrected chi connectivity index (χ1v) is 10.7. The van der Waals surface area contributed by atoms with E-state index in [-0.39, 0.29) is 17.3 Å². The maximum atomic E-state index is 12.6. The van der Waals surface area contributed by atoms with Gasteiger partial charge in [-0.15, -0.1) is 0 Å². The third kappa shape index (κ3) is 4.25. The molecule has 152 valence electrons. The van der Waals surface area contributed by atoms with E-state index in [1.807, 2.05) is 24.3 Å². The van der Waals surface area contributed by atoms with Crippen molar-refractivity contribution < 1.29 is 22.4 Å². The Morgan fingerprint density at radius 1 is 1.03 bits per heavy atom. The van der Waals surface area contributed by atoms with Crippen LogP contribution < -0.4 is 14.2 Å². The van der Waals surface area contributed by atoms with Gasteiger partial charge in [0.05, 0.1) is 11.4 Å². The van der Waals surface area contributed by atoms with Crippen LogP contribution in [-0.2, 0) is 16.6 Å². The van der Waals surface area contributed by atoms with Crippen molar-refractivity contribution in [3.8, 4) is 22.9 Å². The number of benzene rings is 2. The van der Waals surface area contributed by atoms with Crippen LogP contribution in [0.4, 0.5) is 0 Å². The molecule has 0 fully saturated rings. The predicted octanol–water partition coefficient (Wildman–Crippen LogP) is 3.11. The average Bonchev–Trinajstić information content (AvgIpc) is 3.21. The second kappa shape index (κ2) is 7.84. The van der Waals surface area contributed by atoms with Crippen LogP contribution in [0.25, 0.3) is 11.4 Å². The number of sulfonamides is 1. The van der Waals surface area contributed by atoms with Crippen molar-refractivity contribution in [1.82, 2.24) is 14.9 Å². The minimum atomic E-state index is -3.78. The lowest BCUT2D eigenvalue weighted by atomic mass is 10.0. The third-order valence-corrected chi connectivity index (χ3v) is 5.94. The molecule has 0 unspecified atom stereocenters. The smallest absolute Gasteiger partial charge is 0.242 e. The molecule has 1 N–H and O–H groups in total. The second-order valence-corrected chi connectivity index (χ2v) is 8.69. The van der Waals surface area contributed by atoms with Gasteiger partial charge in [-0.1, -0.05) is 43.3 Å². The van der Waals surface area contributed by atoms with Crippen LogP contribution >= 0.6 is 0 Å². The fourth-order valence-electron chi connectivity index (χ4n) is 2.89. The Bertz CT molecular complexity index is 1110. The van der Waals surface area contributed by atoms with Crippen molar-refractivity contribution in [2.75, 3.05) is 13.2 Å². The Labute approximate surface area is 168 Å². The highest BCUT2D eigenvalue weighted by molar-refractivity contribution is 7.89. The van der Waals surface area contributed by atoms with Gasteiger partial charge in [0.2, 0.25) is 21.7 Å². The van der Waals surface area contributed by atoms with Crippen LogP contribution in [0.15, 0.2) is 51.9 Å². The summed E-state index contributed by atoms with van der Waals surface area (Å²) in [6, 6.07) is 12.3. The zero-order chi connectivity index (χ0) is 20.4. The average molecular weight is 415 g/mol. The monoisotopic (exact) mass is 415 g/mol. The SMILES string of the molecule is CC(C)c1ccc(-c2noc(CNS(=O)(=O)c3ccc4c(c3)OCCO4)n2)cc1. The highest BCUT2D eigenvalue weighted by Gasteiger charge is 2.20. The number of aromatic nitrogens is 2.